The Morgan fingerprint density at radius 3 is 2.20 bits per heavy atom. The fourth-order valence-electron chi connectivity index (χ4n) is 1.25. The topological polar surface area (TPSA) is 84.8 Å². The van der Waals surface area contributed by atoms with Crippen LogP contribution in [-0.2, 0) is 0 Å². The van der Waals surface area contributed by atoms with Gasteiger partial charge in [-0.1, -0.05) is 6.07 Å². The van der Waals surface area contributed by atoms with Gasteiger partial charge in [0.25, 0.3) is 0 Å². The summed E-state index contributed by atoms with van der Waals surface area (Å²) >= 11 is 0. The van der Waals surface area contributed by atoms with Gasteiger partial charge in [0.1, 0.15) is 23.9 Å². The SMILES string of the molecule is CC(O)Nc1cccc(O)c1NC(C)O. The number of benzene rings is 1. The summed E-state index contributed by atoms with van der Waals surface area (Å²) in [7, 11) is 0. The number of nitrogens with one attached hydrogen (secondary N) is 2. The summed E-state index contributed by atoms with van der Waals surface area (Å²) < 4.78 is 0. The van der Waals surface area contributed by atoms with E-state index in [1.807, 2.05) is 0 Å². The molecule has 5 heteroatoms. The lowest BCUT2D eigenvalue weighted by Crippen LogP contribution is -2.18. The molecule has 5 N–H and O–H groups in total. The third-order valence-electron chi connectivity index (χ3n) is 1.76. The molecule has 1 aromatic carbocycles. The number of anilines is 2. The van der Waals surface area contributed by atoms with Gasteiger partial charge >= 0.3 is 0 Å². The van der Waals surface area contributed by atoms with Gasteiger partial charge in [0, 0.05) is 0 Å². The summed E-state index contributed by atoms with van der Waals surface area (Å²) in [4.78, 5) is 0. The van der Waals surface area contributed by atoms with E-state index in [2.05, 4.69) is 10.6 Å². The number of rotatable bonds is 4. The van der Waals surface area contributed by atoms with Crippen LogP contribution in [0.25, 0.3) is 0 Å². The fourth-order valence-corrected chi connectivity index (χ4v) is 1.25. The lowest BCUT2D eigenvalue weighted by atomic mass is 10.2. The second kappa shape index (κ2) is 4.86. The zero-order valence-corrected chi connectivity index (χ0v) is 8.73. The van der Waals surface area contributed by atoms with Gasteiger partial charge in [0.2, 0.25) is 0 Å². The molecule has 1 aromatic rings. The van der Waals surface area contributed by atoms with Crippen LogP contribution in [0.2, 0.25) is 0 Å². The molecular weight excluding hydrogens is 196 g/mol. The predicted octanol–water partition coefficient (Wildman–Crippen LogP) is 0.893. The molecular formula is C10H16N2O3. The zero-order valence-electron chi connectivity index (χ0n) is 8.73. The molecule has 0 aliphatic heterocycles. The van der Waals surface area contributed by atoms with Crippen LogP contribution in [-0.4, -0.2) is 27.8 Å². The zero-order chi connectivity index (χ0) is 11.4. The number of aromatic hydroxyl groups is 1. The molecule has 5 nitrogen and oxygen atoms in total. The van der Waals surface area contributed by atoms with Crippen LogP contribution in [0.15, 0.2) is 18.2 Å². The standard InChI is InChI=1S/C10H16N2O3/c1-6(13)11-8-4-3-5-9(15)10(8)12-7(2)14/h3-7,11-15H,1-2H3. The maximum Gasteiger partial charge on any atom is 0.140 e. The van der Waals surface area contributed by atoms with E-state index in [0.29, 0.717) is 11.4 Å². The number of aliphatic hydroxyl groups excluding tert-OH is 2. The molecule has 0 heterocycles. The number of phenolic OH excluding ortho intramolecular Hbond substituents is 1. The third kappa shape index (κ3) is 3.30. The summed E-state index contributed by atoms with van der Waals surface area (Å²) in [5.41, 5.74) is 0.902. The Labute approximate surface area is 88.4 Å². The van der Waals surface area contributed by atoms with E-state index in [0.717, 1.165) is 0 Å². The Bertz CT molecular complexity index is 326. The third-order valence-corrected chi connectivity index (χ3v) is 1.76. The quantitative estimate of drug-likeness (QED) is 0.378. The van der Waals surface area contributed by atoms with Crippen LogP contribution in [0.3, 0.4) is 0 Å². The van der Waals surface area contributed by atoms with Crippen molar-refractivity contribution in [1.29, 1.82) is 0 Å². The van der Waals surface area contributed by atoms with Gasteiger partial charge < -0.3 is 26.0 Å². The molecule has 0 spiro atoms. The maximum absolute atomic E-state index is 9.56. The molecule has 0 aromatic heterocycles. The van der Waals surface area contributed by atoms with Crippen LogP contribution in [0.1, 0.15) is 13.8 Å². The van der Waals surface area contributed by atoms with Crippen LogP contribution in [0.5, 0.6) is 5.75 Å². The molecule has 15 heavy (non-hydrogen) atoms. The van der Waals surface area contributed by atoms with Crippen molar-refractivity contribution in [2.24, 2.45) is 0 Å². The molecule has 0 radical (unpaired) electrons. The Morgan fingerprint density at radius 1 is 1.07 bits per heavy atom. The van der Waals surface area contributed by atoms with Crippen molar-refractivity contribution in [3.8, 4) is 5.75 Å². The van der Waals surface area contributed by atoms with Gasteiger partial charge in [-0.25, -0.2) is 0 Å². The second-order valence-corrected chi connectivity index (χ2v) is 3.34. The highest BCUT2D eigenvalue weighted by Crippen LogP contribution is 2.32. The molecule has 84 valence electrons. The second-order valence-electron chi connectivity index (χ2n) is 3.34. The van der Waals surface area contributed by atoms with Crippen molar-refractivity contribution in [3.05, 3.63) is 18.2 Å². The first-order valence-corrected chi connectivity index (χ1v) is 4.72. The molecule has 2 atom stereocenters. The van der Waals surface area contributed by atoms with Gasteiger partial charge in [-0.2, -0.15) is 0 Å². The number of para-hydroxylation sites is 1. The predicted molar refractivity (Wildman–Crippen MR) is 58.7 cm³/mol. The Morgan fingerprint density at radius 2 is 1.67 bits per heavy atom. The summed E-state index contributed by atoms with van der Waals surface area (Å²) in [5.74, 6) is 0.0153. The Balaban J connectivity index is 2.97. The van der Waals surface area contributed by atoms with Gasteiger partial charge in [-0.3, -0.25) is 0 Å². The molecule has 0 aliphatic rings. The summed E-state index contributed by atoms with van der Waals surface area (Å²) in [6, 6.07) is 4.84. The Hall–Kier alpha value is -1.46. The number of hydrogen-bond acceptors (Lipinski definition) is 5. The van der Waals surface area contributed by atoms with Crippen molar-refractivity contribution in [1.82, 2.24) is 0 Å². The van der Waals surface area contributed by atoms with E-state index < -0.39 is 12.5 Å². The molecule has 1 rings (SSSR count). The molecule has 0 bridgehead atoms. The smallest absolute Gasteiger partial charge is 0.140 e. The van der Waals surface area contributed by atoms with E-state index in [4.69, 9.17) is 0 Å². The fraction of sp³-hybridized carbons (Fsp3) is 0.400. The van der Waals surface area contributed by atoms with Crippen LogP contribution in [0.4, 0.5) is 11.4 Å². The minimum atomic E-state index is -0.784. The van der Waals surface area contributed by atoms with E-state index in [1.165, 1.54) is 6.07 Å². The summed E-state index contributed by atoms with van der Waals surface area (Å²) in [6.07, 6.45) is -1.52. The summed E-state index contributed by atoms with van der Waals surface area (Å²) in [5, 5.41) is 33.3. The first-order chi connectivity index (χ1) is 7.00. The molecule has 0 saturated carbocycles. The van der Waals surface area contributed by atoms with Crippen molar-refractivity contribution < 1.29 is 15.3 Å². The largest absolute Gasteiger partial charge is 0.506 e. The highest BCUT2D eigenvalue weighted by molar-refractivity contribution is 5.75. The first kappa shape index (κ1) is 11.6. The minimum Gasteiger partial charge on any atom is -0.506 e. The average Bonchev–Trinajstić information content (AvgIpc) is 2.09. The highest BCUT2D eigenvalue weighted by Gasteiger charge is 2.09. The van der Waals surface area contributed by atoms with Crippen LogP contribution >= 0.6 is 0 Å². The molecule has 2 unspecified atom stereocenters. The maximum atomic E-state index is 9.56. The molecule has 0 amide bonds. The summed E-state index contributed by atoms with van der Waals surface area (Å²) in [6.45, 7) is 3.11. The van der Waals surface area contributed by atoms with E-state index in [1.54, 1.807) is 26.0 Å². The highest BCUT2D eigenvalue weighted by atomic mass is 16.3. The number of aliphatic hydroxyl groups is 2. The van der Waals surface area contributed by atoms with E-state index in [9.17, 15) is 15.3 Å². The van der Waals surface area contributed by atoms with E-state index >= 15 is 0 Å². The van der Waals surface area contributed by atoms with Crippen molar-refractivity contribution in [3.63, 3.8) is 0 Å². The van der Waals surface area contributed by atoms with Gasteiger partial charge in [0.05, 0.1) is 5.69 Å². The number of hydrogen-bond donors (Lipinski definition) is 5. The molecule has 0 aliphatic carbocycles. The number of phenols is 1. The Kier molecular flexibility index (Phi) is 3.76. The first-order valence-electron chi connectivity index (χ1n) is 4.72. The minimum absolute atomic E-state index is 0.0153. The van der Waals surface area contributed by atoms with Crippen molar-refractivity contribution in [2.45, 2.75) is 26.3 Å². The van der Waals surface area contributed by atoms with Crippen LogP contribution < -0.4 is 10.6 Å². The van der Waals surface area contributed by atoms with Crippen molar-refractivity contribution in [2.75, 3.05) is 10.6 Å². The molecule has 0 fully saturated rings. The van der Waals surface area contributed by atoms with Gasteiger partial charge in [-0.05, 0) is 26.0 Å². The van der Waals surface area contributed by atoms with E-state index in [-0.39, 0.29) is 5.75 Å². The van der Waals surface area contributed by atoms with Crippen LogP contribution in [0, 0.1) is 0 Å². The van der Waals surface area contributed by atoms with Gasteiger partial charge in [0.15, 0.2) is 0 Å². The monoisotopic (exact) mass is 212 g/mol. The lowest BCUT2D eigenvalue weighted by Gasteiger charge is -2.17. The lowest BCUT2D eigenvalue weighted by molar-refractivity contribution is 0.221. The average molecular weight is 212 g/mol. The molecule has 0 saturated heterocycles. The van der Waals surface area contributed by atoms with Crippen molar-refractivity contribution >= 4 is 11.4 Å². The normalized spacial score (nSPS) is 14.4. The van der Waals surface area contributed by atoms with Gasteiger partial charge in [-0.15, -0.1) is 0 Å².